The Bertz CT molecular complexity index is 481. The van der Waals surface area contributed by atoms with E-state index in [0.29, 0.717) is 17.5 Å². The molecule has 96 valence electrons. The number of rotatable bonds is 6. The molecule has 0 aliphatic carbocycles. The molecule has 0 aromatic carbocycles. The van der Waals surface area contributed by atoms with Gasteiger partial charge >= 0.3 is 6.01 Å². The molecule has 17 heavy (non-hydrogen) atoms. The first-order valence-corrected chi connectivity index (χ1v) is 8.18. The molecule has 6 nitrogen and oxygen atoms in total. The lowest BCUT2D eigenvalue weighted by Gasteiger charge is -2.03. The minimum atomic E-state index is -2.98. The molecular formula is C8H12ClN3O3S2. The highest BCUT2D eigenvalue weighted by molar-refractivity contribution is 8.00. The first kappa shape index (κ1) is 14.5. The van der Waals surface area contributed by atoms with Crippen molar-refractivity contribution in [1.82, 2.24) is 15.0 Å². The van der Waals surface area contributed by atoms with E-state index >= 15 is 0 Å². The Morgan fingerprint density at radius 3 is 2.65 bits per heavy atom. The molecular weight excluding hydrogens is 286 g/mol. The summed E-state index contributed by atoms with van der Waals surface area (Å²) in [6.07, 6.45) is 1.18. The van der Waals surface area contributed by atoms with Gasteiger partial charge in [0.05, 0.1) is 12.4 Å². The van der Waals surface area contributed by atoms with Crippen LogP contribution in [-0.2, 0) is 9.84 Å². The number of ether oxygens (including phenoxy) is 1. The molecule has 0 fully saturated rings. The quantitative estimate of drug-likeness (QED) is 0.726. The number of nitrogens with zero attached hydrogens (tertiary/aromatic N) is 3. The Hall–Kier alpha value is -0.600. The maximum absolute atomic E-state index is 10.9. The van der Waals surface area contributed by atoms with Gasteiger partial charge in [0.2, 0.25) is 5.28 Å². The highest BCUT2D eigenvalue weighted by Gasteiger charge is 2.08. The monoisotopic (exact) mass is 297 g/mol. The second-order valence-electron chi connectivity index (χ2n) is 3.08. The van der Waals surface area contributed by atoms with E-state index in [0.717, 1.165) is 0 Å². The molecule has 0 aliphatic rings. The number of hydrogen-bond donors (Lipinski definition) is 0. The number of hydrogen-bond acceptors (Lipinski definition) is 7. The molecule has 9 heteroatoms. The van der Waals surface area contributed by atoms with Crippen molar-refractivity contribution in [3.63, 3.8) is 0 Å². The number of thioether (sulfide) groups is 1. The van der Waals surface area contributed by atoms with Crippen LogP contribution >= 0.6 is 23.4 Å². The van der Waals surface area contributed by atoms with Crippen LogP contribution in [-0.4, -0.2) is 47.7 Å². The summed E-state index contributed by atoms with van der Waals surface area (Å²) in [6.45, 7) is 2.22. The van der Waals surface area contributed by atoms with E-state index in [2.05, 4.69) is 15.0 Å². The Kier molecular flexibility index (Phi) is 5.41. The molecule has 0 saturated carbocycles. The maximum Gasteiger partial charge on any atom is 0.321 e. The predicted octanol–water partition coefficient (Wildman–Crippen LogP) is 1.06. The van der Waals surface area contributed by atoms with E-state index in [1.54, 1.807) is 6.92 Å². The third-order valence-corrected chi connectivity index (χ3v) is 3.75. The van der Waals surface area contributed by atoms with E-state index in [9.17, 15) is 8.42 Å². The third kappa shape index (κ3) is 6.04. The molecule has 0 radical (unpaired) electrons. The minimum absolute atomic E-state index is 0.0327. The maximum atomic E-state index is 10.9. The summed E-state index contributed by atoms with van der Waals surface area (Å²) in [6, 6.07) is 0.148. The van der Waals surface area contributed by atoms with E-state index in [-0.39, 0.29) is 17.0 Å². The van der Waals surface area contributed by atoms with Crippen molar-refractivity contribution >= 4 is 33.2 Å². The van der Waals surface area contributed by atoms with Gasteiger partial charge in [-0.1, -0.05) is 11.8 Å². The molecule has 0 N–H and O–H groups in total. The smallest absolute Gasteiger partial charge is 0.321 e. The summed E-state index contributed by atoms with van der Waals surface area (Å²) in [5, 5.41) is 0.391. The molecule has 0 unspecified atom stereocenters. The van der Waals surface area contributed by atoms with Gasteiger partial charge in [0.15, 0.2) is 5.16 Å². The molecule has 1 aromatic rings. The van der Waals surface area contributed by atoms with Gasteiger partial charge in [0, 0.05) is 12.0 Å². The van der Waals surface area contributed by atoms with Crippen LogP contribution in [0.3, 0.4) is 0 Å². The largest absolute Gasteiger partial charge is 0.464 e. The summed E-state index contributed by atoms with van der Waals surface area (Å²) >= 11 is 6.88. The van der Waals surface area contributed by atoms with E-state index in [1.165, 1.54) is 18.0 Å². The van der Waals surface area contributed by atoms with Gasteiger partial charge in [-0.05, 0) is 18.5 Å². The zero-order chi connectivity index (χ0) is 12.9. The van der Waals surface area contributed by atoms with Crippen LogP contribution in [0.2, 0.25) is 5.28 Å². The Morgan fingerprint density at radius 2 is 2.06 bits per heavy atom. The lowest BCUT2D eigenvalue weighted by molar-refractivity contribution is 0.307. The molecule has 0 atom stereocenters. The zero-order valence-electron chi connectivity index (χ0n) is 9.38. The van der Waals surface area contributed by atoms with Gasteiger partial charge in [-0.3, -0.25) is 0 Å². The molecule has 0 amide bonds. The Balaban J connectivity index is 2.64. The second-order valence-corrected chi connectivity index (χ2v) is 6.74. The summed E-state index contributed by atoms with van der Waals surface area (Å²) in [5.74, 6) is 0.426. The van der Waals surface area contributed by atoms with Crippen LogP contribution < -0.4 is 4.74 Å². The highest BCUT2D eigenvalue weighted by atomic mass is 35.5. The molecule has 0 bridgehead atoms. The van der Waals surface area contributed by atoms with Crippen LogP contribution in [0, 0.1) is 0 Å². The molecule has 1 aromatic heterocycles. The summed E-state index contributed by atoms with van der Waals surface area (Å²) in [7, 11) is -2.98. The zero-order valence-corrected chi connectivity index (χ0v) is 11.8. The van der Waals surface area contributed by atoms with Crippen molar-refractivity contribution in [3.8, 4) is 6.01 Å². The van der Waals surface area contributed by atoms with Gasteiger partial charge < -0.3 is 4.74 Å². The number of halogens is 1. The van der Waals surface area contributed by atoms with Crippen LogP contribution in [0.25, 0.3) is 0 Å². The first-order valence-electron chi connectivity index (χ1n) is 4.75. The van der Waals surface area contributed by atoms with Gasteiger partial charge in [0.1, 0.15) is 9.84 Å². The summed E-state index contributed by atoms with van der Waals surface area (Å²) < 4.78 is 27.0. The lowest BCUT2D eigenvalue weighted by Crippen LogP contribution is -2.06. The second kappa shape index (κ2) is 6.36. The molecule has 0 spiro atoms. The van der Waals surface area contributed by atoms with Crippen molar-refractivity contribution in [2.75, 3.05) is 24.4 Å². The van der Waals surface area contributed by atoms with Gasteiger partial charge in [-0.2, -0.15) is 15.0 Å². The molecule has 1 rings (SSSR count). The van der Waals surface area contributed by atoms with Crippen LogP contribution in [0.4, 0.5) is 0 Å². The molecule has 0 saturated heterocycles. The van der Waals surface area contributed by atoms with Gasteiger partial charge in [0.25, 0.3) is 0 Å². The fourth-order valence-corrected chi connectivity index (χ4v) is 3.08. The van der Waals surface area contributed by atoms with Crippen LogP contribution in [0.5, 0.6) is 6.01 Å². The van der Waals surface area contributed by atoms with Crippen molar-refractivity contribution in [2.24, 2.45) is 0 Å². The fourth-order valence-electron chi connectivity index (χ4n) is 0.857. The lowest BCUT2D eigenvalue weighted by atomic mass is 10.9. The van der Waals surface area contributed by atoms with E-state index in [1.807, 2.05) is 0 Å². The van der Waals surface area contributed by atoms with Crippen molar-refractivity contribution < 1.29 is 13.2 Å². The SMILES string of the molecule is CCOc1nc(Cl)nc(SCCS(C)(=O)=O)n1. The predicted molar refractivity (Wildman–Crippen MR) is 66.4 cm³/mol. The Labute approximate surface area is 109 Å². The average molecular weight is 298 g/mol. The Morgan fingerprint density at radius 1 is 1.35 bits per heavy atom. The minimum Gasteiger partial charge on any atom is -0.464 e. The topological polar surface area (TPSA) is 82.0 Å². The van der Waals surface area contributed by atoms with Crippen LogP contribution in [0.1, 0.15) is 6.92 Å². The number of sulfone groups is 1. The average Bonchev–Trinajstić information content (AvgIpc) is 2.15. The first-order chi connectivity index (χ1) is 7.90. The van der Waals surface area contributed by atoms with Crippen molar-refractivity contribution in [1.29, 1.82) is 0 Å². The van der Waals surface area contributed by atoms with Crippen molar-refractivity contribution in [3.05, 3.63) is 5.28 Å². The fraction of sp³-hybridized carbons (Fsp3) is 0.625. The van der Waals surface area contributed by atoms with Crippen LogP contribution in [0.15, 0.2) is 5.16 Å². The number of aromatic nitrogens is 3. The summed E-state index contributed by atoms with van der Waals surface area (Å²) in [4.78, 5) is 11.6. The standard InChI is InChI=1S/C8H12ClN3O3S2/c1-3-15-7-10-6(9)11-8(12-7)16-4-5-17(2,13)14/h3-5H2,1-2H3. The summed E-state index contributed by atoms with van der Waals surface area (Å²) in [5.41, 5.74) is 0. The van der Waals surface area contributed by atoms with E-state index in [4.69, 9.17) is 16.3 Å². The third-order valence-electron chi connectivity index (χ3n) is 1.53. The molecule has 1 heterocycles. The van der Waals surface area contributed by atoms with Gasteiger partial charge in [-0.15, -0.1) is 0 Å². The van der Waals surface area contributed by atoms with E-state index < -0.39 is 9.84 Å². The highest BCUT2D eigenvalue weighted by Crippen LogP contribution is 2.17. The van der Waals surface area contributed by atoms with Gasteiger partial charge in [-0.25, -0.2) is 8.42 Å². The molecule has 0 aliphatic heterocycles. The van der Waals surface area contributed by atoms with Crippen molar-refractivity contribution in [2.45, 2.75) is 12.1 Å². The normalized spacial score (nSPS) is 11.5.